The van der Waals surface area contributed by atoms with Gasteiger partial charge in [0.2, 0.25) is 11.8 Å². The van der Waals surface area contributed by atoms with E-state index in [1.54, 1.807) is 0 Å². The van der Waals surface area contributed by atoms with Crippen molar-refractivity contribution in [3.8, 4) is 0 Å². The molecule has 4 N–H and O–H groups in total. The molecule has 2 aromatic rings. The van der Waals surface area contributed by atoms with Gasteiger partial charge in [-0.05, 0) is 56.4 Å². The minimum atomic E-state index is -0.902. The van der Waals surface area contributed by atoms with Gasteiger partial charge in [-0.25, -0.2) is 4.98 Å². The van der Waals surface area contributed by atoms with E-state index in [4.69, 9.17) is 5.11 Å². The van der Waals surface area contributed by atoms with Gasteiger partial charge in [-0.1, -0.05) is 0 Å². The van der Waals surface area contributed by atoms with E-state index in [0.717, 1.165) is 11.0 Å². The van der Waals surface area contributed by atoms with Crippen molar-refractivity contribution in [1.82, 2.24) is 20.6 Å². The summed E-state index contributed by atoms with van der Waals surface area (Å²) in [6.45, 7) is 4.37. The van der Waals surface area contributed by atoms with Gasteiger partial charge in [-0.2, -0.15) is 0 Å². The summed E-state index contributed by atoms with van der Waals surface area (Å²) in [6, 6.07) is 4.05. The highest BCUT2D eigenvalue weighted by molar-refractivity contribution is 5.81. The predicted octanol–water partition coefficient (Wildman–Crippen LogP) is 2.09. The number of imidazole rings is 1. The van der Waals surface area contributed by atoms with E-state index >= 15 is 0 Å². The molecule has 2 heterocycles. The van der Waals surface area contributed by atoms with Crippen LogP contribution in [0.5, 0.6) is 0 Å². The van der Waals surface area contributed by atoms with Crippen LogP contribution in [-0.4, -0.2) is 38.4 Å². The van der Waals surface area contributed by atoms with E-state index in [-0.39, 0.29) is 24.7 Å². The maximum Gasteiger partial charge on any atom is 0.303 e. The van der Waals surface area contributed by atoms with E-state index in [1.807, 2.05) is 26.0 Å². The Morgan fingerprint density at radius 2 is 1.93 bits per heavy atom. The number of carboxylic acids is 1. The molecule has 1 atom stereocenters. The Morgan fingerprint density at radius 1 is 1.21 bits per heavy atom. The van der Waals surface area contributed by atoms with Gasteiger partial charge < -0.3 is 20.7 Å². The third-order valence-electron chi connectivity index (χ3n) is 5.48. The molecule has 150 valence electrons. The lowest BCUT2D eigenvalue weighted by atomic mass is 9.86. The molecule has 1 aliphatic heterocycles. The van der Waals surface area contributed by atoms with Crippen LogP contribution in [0.4, 0.5) is 0 Å². The lowest BCUT2D eigenvalue weighted by Crippen LogP contribution is -2.43. The SMILES string of the molecule is Cc1cc2nc(CNC(=O)CC[C@]3(CCC(=O)O)CCC(=O)N3)[nH]c2cc1C. The van der Waals surface area contributed by atoms with Gasteiger partial charge in [0, 0.05) is 24.8 Å². The summed E-state index contributed by atoms with van der Waals surface area (Å²) in [7, 11) is 0. The van der Waals surface area contributed by atoms with E-state index in [0.29, 0.717) is 38.1 Å². The second-order valence-electron chi connectivity index (χ2n) is 7.64. The summed E-state index contributed by atoms with van der Waals surface area (Å²) >= 11 is 0. The molecule has 1 aliphatic rings. The Morgan fingerprint density at radius 3 is 2.61 bits per heavy atom. The number of nitrogens with zero attached hydrogens (tertiary/aromatic N) is 1. The summed E-state index contributed by atoms with van der Waals surface area (Å²) in [5, 5.41) is 14.7. The van der Waals surface area contributed by atoms with Gasteiger partial charge in [0.15, 0.2) is 0 Å². The van der Waals surface area contributed by atoms with Gasteiger partial charge in [0.05, 0.1) is 17.6 Å². The molecule has 0 unspecified atom stereocenters. The Hall–Kier alpha value is -2.90. The number of carbonyl (C=O) groups is 3. The molecule has 1 aromatic carbocycles. The molecule has 1 saturated heterocycles. The van der Waals surface area contributed by atoms with Crippen LogP contribution in [0.15, 0.2) is 12.1 Å². The van der Waals surface area contributed by atoms with Gasteiger partial charge in [-0.15, -0.1) is 0 Å². The number of aromatic amines is 1. The first-order valence-electron chi connectivity index (χ1n) is 9.52. The molecule has 2 amide bonds. The van der Waals surface area contributed by atoms with Crippen molar-refractivity contribution in [3.05, 3.63) is 29.1 Å². The second kappa shape index (κ2) is 8.00. The number of aromatic nitrogens is 2. The third kappa shape index (κ3) is 4.68. The summed E-state index contributed by atoms with van der Waals surface area (Å²) in [4.78, 5) is 42.5. The maximum absolute atomic E-state index is 12.3. The predicted molar refractivity (Wildman–Crippen MR) is 104 cm³/mol. The number of aryl methyl sites for hydroxylation is 2. The van der Waals surface area contributed by atoms with Crippen LogP contribution in [0.3, 0.4) is 0 Å². The molecule has 1 fully saturated rings. The molecule has 0 spiro atoms. The Labute approximate surface area is 163 Å². The quantitative estimate of drug-likeness (QED) is 0.553. The molecule has 28 heavy (non-hydrogen) atoms. The Kier molecular flexibility index (Phi) is 5.67. The Balaban J connectivity index is 1.54. The molecule has 3 rings (SSSR count). The third-order valence-corrected chi connectivity index (χ3v) is 5.48. The zero-order valence-corrected chi connectivity index (χ0v) is 16.2. The van der Waals surface area contributed by atoms with E-state index in [1.165, 1.54) is 11.1 Å². The van der Waals surface area contributed by atoms with E-state index < -0.39 is 11.5 Å². The fraction of sp³-hybridized carbons (Fsp3) is 0.500. The highest BCUT2D eigenvalue weighted by Gasteiger charge is 2.37. The van der Waals surface area contributed by atoms with Gasteiger partial charge in [-0.3, -0.25) is 14.4 Å². The number of benzene rings is 1. The van der Waals surface area contributed by atoms with Crippen molar-refractivity contribution in [1.29, 1.82) is 0 Å². The van der Waals surface area contributed by atoms with E-state index in [2.05, 4.69) is 20.6 Å². The highest BCUT2D eigenvalue weighted by Crippen LogP contribution is 2.30. The zero-order valence-electron chi connectivity index (χ0n) is 16.2. The number of hydrogen-bond acceptors (Lipinski definition) is 4. The molecule has 0 radical (unpaired) electrons. The fourth-order valence-electron chi connectivity index (χ4n) is 3.65. The van der Waals surface area contributed by atoms with Crippen molar-refractivity contribution < 1.29 is 19.5 Å². The van der Waals surface area contributed by atoms with Crippen LogP contribution in [0.1, 0.15) is 55.5 Å². The average molecular weight is 386 g/mol. The molecular formula is C20H26N4O4. The number of hydrogen-bond donors (Lipinski definition) is 4. The number of carboxylic acid groups (broad SMARTS) is 1. The van der Waals surface area contributed by atoms with Crippen molar-refractivity contribution in [2.75, 3.05) is 0 Å². The minimum absolute atomic E-state index is 0.0281. The first-order valence-corrected chi connectivity index (χ1v) is 9.52. The van der Waals surface area contributed by atoms with Crippen LogP contribution in [0, 0.1) is 13.8 Å². The van der Waals surface area contributed by atoms with Crippen molar-refractivity contribution in [2.24, 2.45) is 0 Å². The zero-order chi connectivity index (χ0) is 20.3. The van der Waals surface area contributed by atoms with Crippen LogP contribution in [0.2, 0.25) is 0 Å². The first-order chi connectivity index (χ1) is 13.3. The lowest BCUT2D eigenvalue weighted by molar-refractivity contribution is -0.137. The molecule has 0 aliphatic carbocycles. The molecule has 1 aromatic heterocycles. The maximum atomic E-state index is 12.3. The van der Waals surface area contributed by atoms with Gasteiger partial charge in [0.25, 0.3) is 0 Å². The monoisotopic (exact) mass is 386 g/mol. The van der Waals surface area contributed by atoms with Crippen molar-refractivity contribution in [2.45, 2.75) is 64.5 Å². The molecule has 0 saturated carbocycles. The standard InChI is InChI=1S/C20H26N4O4/c1-12-9-14-15(10-13(12)2)23-16(22-14)11-21-17(25)3-6-20(8-5-19(27)28)7-4-18(26)24-20/h9-10H,3-8,11H2,1-2H3,(H,21,25)(H,22,23)(H,24,26)(H,27,28)/t20-/m1/s1. The van der Waals surface area contributed by atoms with E-state index in [9.17, 15) is 14.4 Å². The Bertz CT molecular complexity index is 881. The summed E-state index contributed by atoms with van der Waals surface area (Å²) in [5.74, 6) is -0.453. The van der Waals surface area contributed by atoms with Crippen molar-refractivity contribution in [3.63, 3.8) is 0 Å². The van der Waals surface area contributed by atoms with Crippen LogP contribution >= 0.6 is 0 Å². The summed E-state index contributed by atoms with van der Waals surface area (Å²) in [5.41, 5.74) is 3.56. The first kappa shape index (κ1) is 19.9. The van der Waals surface area contributed by atoms with Gasteiger partial charge >= 0.3 is 5.97 Å². The summed E-state index contributed by atoms with van der Waals surface area (Å²) in [6.07, 6.45) is 1.89. The topological polar surface area (TPSA) is 124 Å². The normalized spacial score (nSPS) is 19.0. The number of aliphatic carboxylic acids is 1. The largest absolute Gasteiger partial charge is 0.481 e. The molecular weight excluding hydrogens is 360 g/mol. The number of amides is 2. The fourth-order valence-corrected chi connectivity index (χ4v) is 3.65. The second-order valence-corrected chi connectivity index (χ2v) is 7.64. The van der Waals surface area contributed by atoms with Gasteiger partial charge in [0.1, 0.15) is 5.82 Å². The van der Waals surface area contributed by atoms with Crippen molar-refractivity contribution >= 4 is 28.8 Å². The molecule has 8 heteroatoms. The van der Waals surface area contributed by atoms with Crippen LogP contribution < -0.4 is 10.6 Å². The minimum Gasteiger partial charge on any atom is -0.481 e. The van der Waals surface area contributed by atoms with Crippen LogP contribution in [0.25, 0.3) is 11.0 Å². The average Bonchev–Trinajstić information content (AvgIpc) is 3.20. The molecule has 8 nitrogen and oxygen atoms in total. The molecule has 0 bridgehead atoms. The number of fused-ring (bicyclic) bond motifs is 1. The van der Waals surface area contributed by atoms with Crippen LogP contribution in [-0.2, 0) is 20.9 Å². The number of nitrogens with one attached hydrogen (secondary N) is 3. The smallest absolute Gasteiger partial charge is 0.303 e. The number of H-pyrrole nitrogens is 1. The highest BCUT2D eigenvalue weighted by atomic mass is 16.4. The summed E-state index contributed by atoms with van der Waals surface area (Å²) < 4.78 is 0. The lowest BCUT2D eigenvalue weighted by Gasteiger charge is -2.28. The number of carbonyl (C=O) groups excluding carboxylic acids is 2. The number of rotatable bonds is 8.